The molecule has 0 heterocycles. The zero-order chi connectivity index (χ0) is 20.7. The first-order valence-electron chi connectivity index (χ1n) is 11.2. The number of hydrogen-bond donors (Lipinski definition) is 2. The molecule has 2 N–H and O–H groups in total. The van der Waals surface area contributed by atoms with E-state index < -0.39 is 6.10 Å². The normalized spacial score (nSPS) is 42.9. The molecule has 0 aliphatic heterocycles. The lowest BCUT2D eigenvalue weighted by molar-refractivity contribution is -0.128. The Morgan fingerprint density at radius 2 is 1.82 bits per heavy atom. The third kappa shape index (κ3) is 3.63. The van der Waals surface area contributed by atoms with E-state index in [-0.39, 0.29) is 17.4 Å². The summed E-state index contributed by atoms with van der Waals surface area (Å²) >= 11 is 0. The lowest BCUT2D eigenvalue weighted by Gasteiger charge is -2.58. The summed E-state index contributed by atoms with van der Waals surface area (Å²) in [6.07, 6.45) is 10.4. The van der Waals surface area contributed by atoms with Crippen molar-refractivity contribution in [1.29, 1.82) is 0 Å². The van der Waals surface area contributed by atoms with E-state index in [0.29, 0.717) is 17.5 Å². The maximum Gasteiger partial charge on any atom is 0.155 e. The van der Waals surface area contributed by atoms with Crippen LogP contribution in [0.15, 0.2) is 11.6 Å². The molecule has 3 fully saturated rings. The lowest BCUT2D eigenvalue weighted by atomic mass is 9.47. The van der Waals surface area contributed by atoms with Crippen LogP contribution in [0.1, 0.15) is 79.1 Å². The number of aliphatic hydroxyl groups excluding tert-OH is 2. The van der Waals surface area contributed by atoms with Gasteiger partial charge in [0, 0.05) is 12.3 Å². The summed E-state index contributed by atoms with van der Waals surface area (Å²) in [5, 5.41) is 16.0. The molecule has 0 aromatic rings. The summed E-state index contributed by atoms with van der Waals surface area (Å²) in [5.41, 5.74) is 1.95. The Kier molecular flexibility index (Phi) is 6.22. The van der Waals surface area contributed by atoms with Gasteiger partial charge < -0.3 is 10.2 Å². The van der Waals surface area contributed by atoms with E-state index in [2.05, 4.69) is 13.8 Å². The molecule has 4 aliphatic rings. The lowest BCUT2D eigenvalue weighted by Crippen LogP contribution is -2.51. The topological polar surface area (TPSA) is 74.6 Å². The van der Waals surface area contributed by atoms with Crippen LogP contribution >= 0.6 is 0 Å². The number of aliphatic hydroxyl groups is 2. The first kappa shape index (κ1) is 21.7. The number of rotatable bonds is 2. The molecule has 4 aliphatic carbocycles. The number of allylic oxidation sites excluding steroid dienone is 1. The van der Waals surface area contributed by atoms with Crippen LogP contribution in [0.2, 0.25) is 0 Å². The largest absolute Gasteiger partial charge is 0.394 e. The molecular weight excluding hydrogens is 352 g/mol. The van der Waals surface area contributed by atoms with E-state index >= 15 is 0 Å². The van der Waals surface area contributed by atoms with Gasteiger partial charge in [-0.25, -0.2) is 0 Å². The van der Waals surface area contributed by atoms with Crippen molar-refractivity contribution in [3.63, 3.8) is 0 Å². The smallest absolute Gasteiger partial charge is 0.155 e. The number of Topliss-reactive ketones (excluding diaryl/α,β-unsaturated/α-hetero) is 1. The van der Waals surface area contributed by atoms with E-state index in [0.717, 1.165) is 43.4 Å². The Hall–Kier alpha value is -1.00. The molecule has 3 saturated carbocycles. The molecule has 0 aromatic heterocycles. The average Bonchev–Trinajstić information content (AvgIpc) is 3.00. The van der Waals surface area contributed by atoms with Crippen molar-refractivity contribution < 1.29 is 19.8 Å². The van der Waals surface area contributed by atoms with E-state index in [4.69, 9.17) is 10.2 Å². The first-order valence-corrected chi connectivity index (χ1v) is 11.2. The van der Waals surface area contributed by atoms with Crippen LogP contribution in [0.3, 0.4) is 0 Å². The Morgan fingerprint density at radius 3 is 2.43 bits per heavy atom. The van der Waals surface area contributed by atoms with Gasteiger partial charge in [-0.05, 0) is 93.5 Å². The minimum absolute atomic E-state index is 0.139. The Labute approximate surface area is 169 Å². The fraction of sp³-hybridized carbons (Fsp3) is 0.833. The summed E-state index contributed by atoms with van der Waals surface area (Å²) in [4.78, 5) is 24.0. The van der Waals surface area contributed by atoms with Crippen molar-refractivity contribution >= 4 is 11.6 Å². The fourth-order valence-corrected chi connectivity index (χ4v) is 7.23. The fourth-order valence-electron chi connectivity index (χ4n) is 7.23. The standard InChI is InChI=1S/C21H30O2.C3H8O2/c1-13(22)17-6-7-18-16-5-4-14-12-15(23)8-10-20(14,2)19(16)9-11-21(17,18)3;1-3(5)2-4/h12,16-19H,4-11H2,1-3H3;3-5H,2H2,1H3/t16-,17+,18-,19-,20-,21+;/m0./s1. The van der Waals surface area contributed by atoms with Crippen molar-refractivity contribution in [3.8, 4) is 0 Å². The van der Waals surface area contributed by atoms with Crippen LogP contribution in [0, 0.1) is 34.5 Å². The van der Waals surface area contributed by atoms with Gasteiger partial charge in [-0.2, -0.15) is 0 Å². The van der Waals surface area contributed by atoms with Crippen LogP contribution in [0.4, 0.5) is 0 Å². The molecule has 4 rings (SSSR count). The molecule has 1 unspecified atom stereocenters. The number of carbonyl (C=O) groups is 2. The molecule has 0 saturated heterocycles. The summed E-state index contributed by atoms with van der Waals surface area (Å²) in [7, 11) is 0. The third-order valence-corrected chi connectivity index (χ3v) is 8.72. The highest BCUT2D eigenvalue weighted by Gasteiger charge is 2.59. The number of carbonyl (C=O) groups excluding carboxylic acids is 2. The molecule has 0 bridgehead atoms. The Bertz CT molecular complexity index is 651. The van der Waals surface area contributed by atoms with Gasteiger partial charge in [-0.1, -0.05) is 19.4 Å². The number of hydrogen-bond acceptors (Lipinski definition) is 4. The summed E-state index contributed by atoms with van der Waals surface area (Å²) in [5.74, 6) is 3.29. The Balaban J connectivity index is 0.000000403. The van der Waals surface area contributed by atoms with Crippen LogP contribution in [-0.4, -0.2) is 34.5 Å². The molecular formula is C24H38O4. The maximum atomic E-state index is 12.1. The van der Waals surface area contributed by atoms with Crippen LogP contribution < -0.4 is 0 Å². The molecule has 0 radical (unpaired) electrons. The van der Waals surface area contributed by atoms with E-state index in [1.165, 1.54) is 38.2 Å². The molecule has 4 heteroatoms. The van der Waals surface area contributed by atoms with Crippen molar-refractivity contribution in [1.82, 2.24) is 0 Å². The quantitative estimate of drug-likeness (QED) is 0.745. The average molecular weight is 391 g/mol. The molecule has 4 nitrogen and oxygen atoms in total. The Morgan fingerprint density at radius 1 is 1.14 bits per heavy atom. The van der Waals surface area contributed by atoms with E-state index in [9.17, 15) is 9.59 Å². The second-order valence-electron chi connectivity index (χ2n) is 10.3. The SMILES string of the molecule is CC(=O)[C@H]1CC[C@H]2[C@@H]3CCC4=CC(=O)CC[C@]4(C)[C@H]3CC[C@]12C.CC(O)CO. The molecule has 28 heavy (non-hydrogen) atoms. The minimum atomic E-state index is -0.560. The van der Waals surface area contributed by atoms with Gasteiger partial charge >= 0.3 is 0 Å². The van der Waals surface area contributed by atoms with Crippen LogP contribution in [0.5, 0.6) is 0 Å². The maximum absolute atomic E-state index is 12.1. The van der Waals surface area contributed by atoms with Gasteiger partial charge in [0.15, 0.2) is 5.78 Å². The van der Waals surface area contributed by atoms with E-state index in [1.807, 2.05) is 6.08 Å². The summed E-state index contributed by atoms with van der Waals surface area (Å²) < 4.78 is 0. The molecule has 0 amide bonds. The second kappa shape index (κ2) is 8.02. The van der Waals surface area contributed by atoms with Gasteiger partial charge in [-0.3, -0.25) is 9.59 Å². The van der Waals surface area contributed by atoms with E-state index in [1.54, 1.807) is 6.92 Å². The number of fused-ring (bicyclic) bond motifs is 5. The second-order valence-corrected chi connectivity index (χ2v) is 10.3. The van der Waals surface area contributed by atoms with Crippen LogP contribution in [0.25, 0.3) is 0 Å². The highest BCUT2D eigenvalue weighted by Crippen LogP contribution is 2.66. The predicted octanol–water partition coefficient (Wildman–Crippen LogP) is 4.08. The third-order valence-electron chi connectivity index (χ3n) is 8.72. The molecule has 158 valence electrons. The van der Waals surface area contributed by atoms with Gasteiger partial charge in [-0.15, -0.1) is 0 Å². The molecule has 0 aromatic carbocycles. The van der Waals surface area contributed by atoms with Gasteiger partial charge in [0.2, 0.25) is 0 Å². The number of ketones is 2. The first-order chi connectivity index (χ1) is 13.1. The predicted molar refractivity (Wildman–Crippen MR) is 110 cm³/mol. The zero-order valence-electron chi connectivity index (χ0n) is 18.0. The highest BCUT2D eigenvalue weighted by molar-refractivity contribution is 5.91. The van der Waals surface area contributed by atoms with Gasteiger partial charge in [0.05, 0.1) is 12.7 Å². The van der Waals surface area contributed by atoms with Crippen molar-refractivity contribution in [2.45, 2.75) is 85.2 Å². The summed E-state index contributed by atoms with van der Waals surface area (Å²) in [6.45, 7) is 8.04. The van der Waals surface area contributed by atoms with Crippen molar-refractivity contribution in [3.05, 3.63) is 11.6 Å². The van der Waals surface area contributed by atoms with Crippen molar-refractivity contribution in [2.75, 3.05) is 6.61 Å². The molecule has 7 atom stereocenters. The zero-order valence-corrected chi connectivity index (χ0v) is 18.0. The summed E-state index contributed by atoms with van der Waals surface area (Å²) in [6, 6.07) is 0. The van der Waals surface area contributed by atoms with Gasteiger partial charge in [0.25, 0.3) is 0 Å². The van der Waals surface area contributed by atoms with Crippen LogP contribution in [-0.2, 0) is 9.59 Å². The monoisotopic (exact) mass is 390 g/mol. The molecule has 0 spiro atoms. The van der Waals surface area contributed by atoms with Crippen molar-refractivity contribution in [2.24, 2.45) is 34.5 Å². The minimum Gasteiger partial charge on any atom is -0.394 e. The highest BCUT2D eigenvalue weighted by atomic mass is 16.3. The van der Waals surface area contributed by atoms with Gasteiger partial charge in [0.1, 0.15) is 5.78 Å².